The second-order valence-electron chi connectivity index (χ2n) is 6.22. The van der Waals surface area contributed by atoms with Gasteiger partial charge >= 0.3 is 0 Å². The van der Waals surface area contributed by atoms with E-state index in [1.807, 2.05) is 11.3 Å². The van der Waals surface area contributed by atoms with Crippen LogP contribution in [0, 0.1) is 0 Å². The Hall–Kier alpha value is -1.13. The van der Waals surface area contributed by atoms with Gasteiger partial charge in [-0.05, 0) is 30.4 Å². The number of hydrogen-bond donors (Lipinski definition) is 1. The molecule has 0 bridgehead atoms. The van der Waals surface area contributed by atoms with E-state index in [1.54, 1.807) is 0 Å². The molecule has 2 rings (SSSR count). The molecular formula is C17H27N3S. The van der Waals surface area contributed by atoms with Gasteiger partial charge in [-0.2, -0.15) is 5.10 Å². The van der Waals surface area contributed by atoms with E-state index in [2.05, 4.69) is 67.5 Å². The average molecular weight is 305 g/mol. The molecule has 0 aromatic carbocycles. The van der Waals surface area contributed by atoms with Crippen molar-refractivity contribution in [3.05, 3.63) is 40.3 Å². The molecule has 2 aromatic heterocycles. The van der Waals surface area contributed by atoms with Crippen molar-refractivity contribution < 1.29 is 0 Å². The van der Waals surface area contributed by atoms with Gasteiger partial charge in [0.15, 0.2) is 0 Å². The molecule has 0 aliphatic rings. The minimum atomic E-state index is 0.173. The second-order valence-corrected chi connectivity index (χ2v) is 7.17. The number of rotatable bonds is 8. The Labute approximate surface area is 132 Å². The zero-order valence-corrected chi connectivity index (χ0v) is 14.4. The van der Waals surface area contributed by atoms with Gasteiger partial charge in [0.25, 0.3) is 0 Å². The molecule has 0 fully saturated rings. The third kappa shape index (κ3) is 4.17. The van der Waals surface area contributed by atoms with Gasteiger partial charge in [-0.15, -0.1) is 11.3 Å². The van der Waals surface area contributed by atoms with Crippen molar-refractivity contribution in [1.29, 1.82) is 0 Å². The highest BCUT2D eigenvalue weighted by atomic mass is 32.1. The minimum absolute atomic E-state index is 0.173. The van der Waals surface area contributed by atoms with Crippen LogP contribution in [-0.2, 0) is 12.0 Å². The Morgan fingerprint density at radius 2 is 2.05 bits per heavy atom. The maximum Gasteiger partial charge on any atom is 0.0762 e. The van der Waals surface area contributed by atoms with Gasteiger partial charge in [0.1, 0.15) is 0 Å². The third-order valence-corrected chi connectivity index (χ3v) is 5.28. The zero-order valence-electron chi connectivity index (χ0n) is 13.6. The zero-order chi connectivity index (χ0) is 15.3. The first kappa shape index (κ1) is 16.2. The molecule has 0 unspecified atom stereocenters. The maximum absolute atomic E-state index is 4.69. The largest absolute Gasteiger partial charge is 0.310 e. The third-order valence-electron chi connectivity index (χ3n) is 4.04. The summed E-state index contributed by atoms with van der Waals surface area (Å²) in [4.78, 5) is 1.43. The quantitative estimate of drug-likeness (QED) is 0.784. The van der Waals surface area contributed by atoms with Crippen LogP contribution in [0.4, 0.5) is 0 Å². The average Bonchev–Trinajstić information content (AvgIpc) is 3.11. The van der Waals surface area contributed by atoms with E-state index in [4.69, 9.17) is 5.10 Å². The molecule has 0 aliphatic heterocycles. The van der Waals surface area contributed by atoms with E-state index in [1.165, 1.54) is 4.88 Å². The predicted octanol–water partition coefficient (Wildman–Crippen LogP) is 4.37. The smallest absolute Gasteiger partial charge is 0.0762 e. The van der Waals surface area contributed by atoms with Crippen LogP contribution in [0.3, 0.4) is 0 Å². The summed E-state index contributed by atoms with van der Waals surface area (Å²) in [7, 11) is 0. The van der Waals surface area contributed by atoms with Crippen molar-refractivity contribution in [2.75, 3.05) is 6.54 Å². The molecule has 21 heavy (non-hydrogen) atoms. The highest BCUT2D eigenvalue weighted by molar-refractivity contribution is 7.10. The number of nitrogens with one attached hydrogen (secondary N) is 1. The van der Waals surface area contributed by atoms with Gasteiger partial charge in [-0.25, -0.2) is 0 Å². The molecule has 0 saturated carbocycles. The Morgan fingerprint density at radius 3 is 2.67 bits per heavy atom. The van der Waals surface area contributed by atoms with Gasteiger partial charge in [0.2, 0.25) is 0 Å². The lowest BCUT2D eigenvalue weighted by Gasteiger charge is -2.23. The summed E-state index contributed by atoms with van der Waals surface area (Å²) in [6, 6.07) is 7.00. The Kier molecular flexibility index (Phi) is 5.59. The van der Waals surface area contributed by atoms with Crippen molar-refractivity contribution in [3.8, 4) is 0 Å². The van der Waals surface area contributed by atoms with Crippen LogP contribution in [0.15, 0.2) is 29.8 Å². The topological polar surface area (TPSA) is 29.9 Å². The normalized spacial score (nSPS) is 12.2. The Bertz CT molecular complexity index is 524. The Morgan fingerprint density at radius 1 is 1.29 bits per heavy atom. The van der Waals surface area contributed by atoms with Gasteiger partial charge in [0.05, 0.1) is 11.7 Å². The van der Waals surface area contributed by atoms with Crippen LogP contribution >= 0.6 is 11.3 Å². The molecule has 4 heteroatoms. The molecule has 0 amide bonds. The highest BCUT2D eigenvalue weighted by Gasteiger charge is 2.21. The molecule has 0 aliphatic carbocycles. The monoisotopic (exact) mass is 305 g/mol. The maximum atomic E-state index is 4.69. The summed E-state index contributed by atoms with van der Waals surface area (Å²) >= 11 is 1.83. The molecule has 0 radical (unpaired) electrons. The van der Waals surface area contributed by atoms with Crippen molar-refractivity contribution in [3.63, 3.8) is 0 Å². The molecule has 2 aromatic rings. The summed E-state index contributed by atoms with van der Waals surface area (Å²) in [5, 5.41) is 10.4. The summed E-state index contributed by atoms with van der Waals surface area (Å²) in [5.74, 6) is 0. The fraction of sp³-hybridized carbons (Fsp3) is 0.588. The predicted molar refractivity (Wildman–Crippen MR) is 90.9 cm³/mol. The van der Waals surface area contributed by atoms with E-state index in [-0.39, 0.29) is 5.41 Å². The number of aromatic nitrogens is 2. The summed E-state index contributed by atoms with van der Waals surface area (Å²) in [6.45, 7) is 10.8. The first-order valence-corrected chi connectivity index (χ1v) is 8.73. The minimum Gasteiger partial charge on any atom is -0.310 e. The van der Waals surface area contributed by atoms with Gasteiger partial charge in [-0.1, -0.05) is 33.8 Å². The van der Waals surface area contributed by atoms with Gasteiger partial charge in [0, 0.05) is 29.6 Å². The summed E-state index contributed by atoms with van der Waals surface area (Å²) < 4.78 is 2.11. The Balaban J connectivity index is 1.86. The van der Waals surface area contributed by atoms with Gasteiger partial charge in [-0.3, -0.25) is 4.68 Å². The van der Waals surface area contributed by atoms with Crippen molar-refractivity contribution in [1.82, 2.24) is 15.1 Å². The molecule has 1 N–H and O–H groups in total. The van der Waals surface area contributed by atoms with Crippen LogP contribution in [0.5, 0.6) is 0 Å². The molecule has 0 saturated heterocycles. The number of nitrogens with zero attached hydrogens (tertiary/aromatic N) is 2. The fourth-order valence-corrected chi connectivity index (χ4v) is 3.44. The van der Waals surface area contributed by atoms with Crippen LogP contribution < -0.4 is 5.32 Å². The number of hydrogen-bond acceptors (Lipinski definition) is 3. The SMILES string of the molecule is CCC(CC)n1ccc(CNCC(C)(C)c2cccs2)n1. The van der Waals surface area contributed by atoms with E-state index in [0.29, 0.717) is 6.04 Å². The molecule has 2 heterocycles. The second kappa shape index (κ2) is 7.23. The molecular weight excluding hydrogens is 278 g/mol. The first-order valence-electron chi connectivity index (χ1n) is 7.85. The van der Waals surface area contributed by atoms with Crippen LogP contribution in [-0.4, -0.2) is 16.3 Å². The van der Waals surface area contributed by atoms with E-state index in [9.17, 15) is 0 Å². The summed E-state index contributed by atoms with van der Waals surface area (Å²) in [6.07, 6.45) is 4.38. The molecule has 0 atom stereocenters. The number of thiophene rings is 1. The lowest BCUT2D eigenvalue weighted by Crippen LogP contribution is -2.32. The molecule has 116 valence electrons. The lowest BCUT2D eigenvalue weighted by atomic mass is 9.91. The van der Waals surface area contributed by atoms with Gasteiger partial charge < -0.3 is 5.32 Å². The van der Waals surface area contributed by atoms with Crippen molar-refractivity contribution >= 4 is 11.3 Å². The summed E-state index contributed by atoms with van der Waals surface area (Å²) in [5.41, 5.74) is 1.30. The highest BCUT2D eigenvalue weighted by Crippen LogP contribution is 2.26. The standard InChI is InChI=1S/C17H27N3S/c1-5-15(6-2)20-10-9-14(19-20)12-18-13-17(3,4)16-8-7-11-21-16/h7-11,15,18H,5-6,12-13H2,1-4H3. The molecule has 0 spiro atoms. The lowest BCUT2D eigenvalue weighted by molar-refractivity contribution is 0.421. The van der Waals surface area contributed by atoms with E-state index in [0.717, 1.165) is 31.6 Å². The molecule has 3 nitrogen and oxygen atoms in total. The van der Waals surface area contributed by atoms with Crippen molar-refractivity contribution in [2.45, 2.75) is 58.5 Å². The fourth-order valence-electron chi connectivity index (χ4n) is 2.59. The van der Waals surface area contributed by atoms with Crippen LogP contribution in [0.25, 0.3) is 0 Å². The van der Waals surface area contributed by atoms with Crippen LogP contribution in [0.2, 0.25) is 0 Å². The van der Waals surface area contributed by atoms with Crippen molar-refractivity contribution in [2.24, 2.45) is 0 Å². The first-order chi connectivity index (χ1) is 10.1. The van der Waals surface area contributed by atoms with E-state index < -0.39 is 0 Å². The van der Waals surface area contributed by atoms with E-state index >= 15 is 0 Å². The van der Waals surface area contributed by atoms with Crippen LogP contribution in [0.1, 0.15) is 57.1 Å².